The van der Waals surface area contributed by atoms with Crippen LogP contribution in [0.15, 0.2) is 0 Å². The van der Waals surface area contributed by atoms with Crippen LogP contribution < -0.4 is 5.73 Å². The van der Waals surface area contributed by atoms with E-state index in [4.69, 9.17) is 5.73 Å². The maximum atomic E-state index is 11.1. The van der Waals surface area contributed by atoms with Gasteiger partial charge in [0.25, 0.3) is 0 Å². The van der Waals surface area contributed by atoms with E-state index in [2.05, 4.69) is 13.8 Å². The van der Waals surface area contributed by atoms with Gasteiger partial charge in [0, 0.05) is 12.3 Å². The van der Waals surface area contributed by atoms with Crippen LogP contribution >= 0.6 is 0 Å². The molecule has 4 heteroatoms. The molecule has 2 unspecified atom stereocenters. The molecule has 1 saturated carbocycles. The smallest absolute Gasteiger partial charge is 0.147 e. The lowest BCUT2D eigenvalue weighted by molar-refractivity contribution is 0.155. The maximum absolute atomic E-state index is 11.1. The average molecular weight is 233 g/mol. The van der Waals surface area contributed by atoms with Gasteiger partial charge in [0.05, 0.1) is 5.75 Å². The van der Waals surface area contributed by atoms with Crippen molar-refractivity contribution in [2.75, 3.05) is 12.0 Å². The lowest BCUT2D eigenvalue weighted by atomic mass is 9.69. The first kappa shape index (κ1) is 13.0. The Kier molecular flexibility index (Phi) is 3.82. The van der Waals surface area contributed by atoms with Crippen molar-refractivity contribution in [2.45, 2.75) is 45.6 Å². The van der Waals surface area contributed by atoms with Gasteiger partial charge in [0.15, 0.2) is 0 Å². The van der Waals surface area contributed by atoms with Crippen LogP contribution in [0.3, 0.4) is 0 Å². The third kappa shape index (κ3) is 4.51. The van der Waals surface area contributed by atoms with Crippen molar-refractivity contribution in [3.8, 4) is 0 Å². The Hall–Kier alpha value is -0.0900. The minimum Gasteiger partial charge on any atom is -0.327 e. The summed E-state index contributed by atoms with van der Waals surface area (Å²) < 4.78 is 22.2. The second-order valence-electron chi connectivity index (χ2n) is 5.75. The van der Waals surface area contributed by atoms with Gasteiger partial charge in [-0.25, -0.2) is 8.42 Å². The largest absolute Gasteiger partial charge is 0.327 e. The summed E-state index contributed by atoms with van der Waals surface area (Å²) in [5.74, 6) is 0.657. The summed E-state index contributed by atoms with van der Waals surface area (Å²) in [6.07, 6.45) is 5.27. The summed E-state index contributed by atoms with van der Waals surface area (Å²) in [6.45, 7) is 4.48. The van der Waals surface area contributed by atoms with Gasteiger partial charge in [-0.2, -0.15) is 0 Å². The highest BCUT2D eigenvalue weighted by Gasteiger charge is 2.33. The molecule has 0 amide bonds. The third-order valence-electron chi connectivity index (χ3n) is 3.43. The molecule has 0 aromatic rings. The Morgan fingerprint density at radius 1 is 1.40 bits per heavy atom. The maximum Gasteiger partial charge on any atom is 0.147 e. The highest BCUT2D eigenvalue weighted by Crippen LogP contribution is 2.39. The zero-order chi connectivity index (χ0) is 11.7. The molecule has 0 aromatic heterocycles. The summed E-state index contributed by atoms with van der Waals surface area (Å²) in [7, 11) is -2.84. The molecule has 1 aliphatic carbocycles. The van der Waals surface area contributed by atoms with Gasteiger partial charge in [-0.05, 0) is 37.0 Å². The van der Waals surface area contributed by atoms with Gasteiger partial charge in [-0.1, -0.05) is 13.8 Å². The van der Waals surface area contributed by atoms with Crippen molar-refractivity contribution >= 4 is 9.84 Å². The lowest BCUT2D eigenvalue weighted by Gasteiger charge is -2.39. The van der Waals surface area contributed by atoms with Crippen LogP contribution in [-0.2, 0) is 9.84 Å². The van der Waals surface area contributed by atoms with Gasteiger partial charge >= 0.3 is 0 Å². The Balaban J connectivity index is 2.52. The minimum absolute atomic E-state index is 0.194. The first-order chi connectivity index (χ1) is 6.70. The standard InChI is InChI=1S/C11H23NO2S/c1-11(2)6-4-10(12)9(8-11)5-7-15(3,13)14/h9-10H,4-8,12H2,1-3H3. The van der Waals surface area contributed by atoms with Crippen molar-refractivity contribution in [3.63, 3.8) is 0 Å². The SMILES string of the molecule is CC1(C)CCC(N)C(CCS(C)(=O)=O)C1. The highest BCUT2D eigenvalue weighted by atomic mass is 32.2. The summed E-state index contributed by atoms with van der Waals surface area (Å²) in [5, 5.41) is 0. The normalized spacial score (nSPS) is 31.5. The van der Waals surface area contributed by atoms with Crippen LogP contribution in [0.25, 0.3) is 0 Å². The molecule has 2 N–H and O–H groups in total. The summed E-state index contributed by atoms with van der Waals surface area (Å²) >= 11 is 0. The van der Waals surface area contributed by atoms with Gasteiger partial charge in [-0.15, -0.1) is 0 Å². The monoisotopic (exact) mass is 233 g/mol. The van der Waals surface area contributed by atoms with E-state index in [1.54, 1.807) is 0 Å². The quantitative estimate of drug-likeness (QED) is 0.805. The number of sulfone groups is 1. The van der Waals surface area contributed by atoms with Crippen LogP contribution in [0, 0.1) is 11.3 Å². The molecule has 90 valence electrons. The number of rotatable bonds is 3. The molecule has 0 bridgehead atoms. The molecule has 3 nitrogen and oxygen atoms in total. The van der Waals surface area contributed by atoms with Crippen LogP contribution in [0.2, 0.25) is 0 Å². The van der Waals surface area contributed by atoms with Crippen molar-refractivity contribution in [1.82, 2.24) is 0 Å². The second-order valence-corrected chi connectivity index (χ2v) is 8.01. The van der Waals surface area contributed by atoms with E-state index >= 15 is 0 Å². The zero-order valence-electron chi connectivity index (χ0n) is 9.99. The molecule has 1 fully saturated rings. The summed E-state index contributed by atoms with van der Waals surface area (Å²) in [5.41, 5.74) is 6.37. The fraction of sp³-hybridized carbons (Fsp3) is 1.00. The fourth-order valence-corrected chi connectivity index (χ4v) is 3.17. The van der Waals surface area contributed by atoms with E-state index in [-0.39, 0.29) is 11.8 Å². The van der Waals surface area contributed by atoms with Gasteiger partial charge < -0.3 is 5.73 Å². The van der Waals surface area contributed by atoms with Crippen molar-refractivity contribution in [2.24, 2.45) is 17.1 Å². The number of hydrogen-bond acceptors (Lipinski definition) is 3. The molecule has 0 spiro atoms. The first-order valence-electron chi connectivity index (χ1n) is 5.63. The van der Waals surface area contributed by atoms with Gasteiger partial charge in [-0.3, -0.25) is 0 Å². The van der Waals surface area contributed by atoms with Crippen LogP contribution in [0.1, 0.15) is 39.5 Å². The Morgan fingerprint density at radius 3 is 2.53 bits per heavy atom. The molecule has 0 aromatic carbocycles. The Bertz CT molecular complexity index is 309. The molecular weight excluding hydrogens is 210 g/mol. The molecule has 1 aliphatic rings. The van der Waals surface area contributed by atoms with E-state index in [1.807, 2.05) is 0 Å². The third-order valence-corrected chi connectivity index (χ3v) is 4.41. The molecule has 0 radical (unpaired) electrons. The van der Waals surface area contributed by atoms with E-state index < -0.39 is 9.84 Å². The Labute approximate surface area is 93.3 Å². The molecule has 0 heterocycles. The fourth-order valence-electron chi connectivity index (χ4n) is 2.44. The summed E-state index contributed by atoms with van der Waals surface area (Å²) in [4.78, 5) is 0. The van der Waals surface area contributed by atoms with E-state index in [0.717, 1.165) is 25.7 Å². The second kappa shape index (κ2) is 4.42. The van der Waals surface area contributed by atoms with E-state index in [1.165, 1.54) is 6.26 Å². The van der Waals surface area contributed by atoms with Crippen molar-refractivity contribution in [1.29, 1.82) is 0 Å². The van der Waals surface area contributed by atoms with Crippen LogP contribution in [0.4, 0.5) is 0 Å². The molecule has 2 atom stereocenters. The zero-order valence-corrected chi connectivity index (χ0v) is 10.8. The van der Waals surface area contributed by atoms with Crippen LogP contribution in [-0.4, -0.2) is 26.5 Å². The first-order valence-corrected chi connectivity index (χ1v) is 7.69. The molecule has 1 rings (SSSR count). The topological polar surface area (TPSA) is 60.2 Å². The molecule has 0 aliphatic heterocycles. The predicted octanol–water partition coefficient (Wildman–Crippen LogP) is 1.57. The summed E-state index contributed by atoms with van der Waals surface area (Å²) in [6, 6.07) is 0.194. The van der Waals surface area contributed by atoms with Crippen LogP contribution in [0.5, 0.6) is 0 Å². The average Bonchev–Trinajstić information content (AvgIpc) is 2.05. The number of nitrogens with two attached hydrogens (primary N) is 1. The van der Waals surface area contributed by atoms with Crippen molar-refractivity contribution in [3.05, 3.63) is 0 Å². The molecule has 15 heavy (non-hydrogen) atoms. The van der Waals surface area contributed by atoms with Gasteiger partial charge in [0.1, 0.15) is 9.84 Å². The van der Waals surface area contributed by atoms with Gasteiger partial charge in [0.2, 0.25) is 0 Å². The Morgan fingerprint density at radius 2 is 2.00 bits per heavy atom. The van der Waals surface area contributed by atoms with E-state index in [9.17, 15) is 8.42 Å². The highest BCUT2D eigenvalue weighted by molar-refractivity contribution is 7.90. The predicted molar refractivity (Wildman–Crippen MR) is 63.4 cm³/mol. The minimum atomic E-state index is -2.84. The molecular formula is C11H23NO2S. The van der Waals surface area contributed by atoms with Crippen molar-refractivity contribution < 1.29 is 8.42 Å². The van der Waals surface area contributed by atoms with E-state index in [0.29, 0.717) is 11.3 Å². The number of hydrogen-bond donors (Lipinski definition) is 1. The lowest BCUT2D eigenvalue weighted by Crippen LogP contribution is -2.39. The molecule has 0 saturated heterocycles.